The van der Waals surface area contributed by atoms with Gasteiger partial charge in [-0.15, -0.1) is 11.3 Å². The van der Waals surface area contributed by atoms with Gasteiger partial charge >= 0.3 is 0 Å². The first-order chi connectivity index (χ1) is 13.3. The molecule has 132 valence electrons. The Morgan fingerprint density at radius 2 is 1.74 bits per heavy atom. The molecule has 1 amide bonds. The molecule has 0 aliphatic rings. The molecule has 5 nitrogen and oxygen atoms in total. The van der Waals surface area contributed by atoms with Gasteiger partial charge in [-0.05, 0) is 24.3 Å². The molecule has 0 aliphatic heterocycles. The first-order valence-electron chi connectivity index (χ1n) is 8.15. The summed E-state index contributed by atoms with van der Waals surface area (Å²) in [5, 5.41) is 7.07. The number of nitrogens with one attached hydrogen (secondary N) is 1. The van der Waals surface area contributed by atoms with E-state index in [1.165, 1.54) is 23.1 Å². The van der Waals surface area contributed by atoms with Crippen LogP contribution in [0.25, 0.3) is 10.6 Å². The Balaban J connectivity index is 1.47. The molecule has 0 bridgehead atoms. The van der Waals surface area contributed by atoms with Crippen molar-refractivity contribution < 1.29 is 4.79 Å². The summed E-state index contributed by atoms with van der Waals surface area (Å²) in [6.45, 7) is 0. The molecule has 0 atom stereocenters. The molecule has 0 saturated heterocycles. The van der Waals surface area contributed by atoms with Gasteiger partial charge in [0.1, 0.15) is 20.8 Å². The molecule has 1 N–H and O–H groups in total. The number of carbonyl (C=O) groups is 1. The van der Waals surface area contributed by atoms with Crippen LogP contribution in [-0.2, 0) is 0 Å². The van der Waals surface area contributed by atoms with Gasteiger partial charge < -0.3 is 5.32 Å². The molecule has 0 radical (unpaired) electrons. The third-order valence-electron chi connectivity index (χ3n) is 3.60. The van der Waals surface area contributed by atoms with Crippen LogP contribution in [0.3, 0.4) is 0 Å². The Morgan fingerprint density at radius 1 is 0.926 bits per heavy atom. The molecule has 3 heterocycles. The van der Waals surface area contributed by atoms with E-state index in [2.05, 4.69) is 20.3 Å². The zero-order valence-corrected chi connectivity index (χ0v) is 15.7. The normalized spacial score (nSPS) is 10.5. The molecule has 0 saturated carbocycles. The van der Waals surface area contributed by atoms with E-state index in [-0.39, 0.29) is 5.91 Å². The Kier molecular flexibility index (Phi) is 5.22. The van der Waals surface area contributed by atoms with E-state index < -0.39 is 0 Å². The Bertz CT molecular complexity index is 1050. The molecule has 7 heteroatoms. The van der Waals surface area contributed by atoms with Crippen LogP contribution in [0.1, 0.15) is 10.5 Å². The molecule has 0 spiro atoms. The average Bonchev–Trinajstić information content (AvgIpc) is 3.20. The van der Waals surface area contributed by atoms with Crippen LogP contribution in [-0.4, -0.2) is 20.9 Å². The largest absolute Gasteiger partial charge is 0.320 e. The first kappa shape index (κ1) is 17.4. The number of hydrogen-bond acceptors (Lipinski definition) is 6. The number of rotatable bonds is 5. The molecular weight excluding hydrogens is 376 g/mol. The predicted molar refractivity (Wildman–Crippen MR) is 108 cm³/mol. The Labute approximate surface area is 164 Å². The van der Waals surface area contributed by atoms with Gasteiger partial charge in [0.05, 0.1) is 0 Å². The maximum atomic E-state index is 12.5. The summed E-state index contributed by atoms with van der Waals surface area (Å²) < 4.78 is 0. The monoisotopic (exact) mass is 390 g/mol. The highest BCUT2D eigenvalue weighted by Crippen LogP contribution is 2.26. The fourth-order valence-corrected chi connectivity index (χ4v) is 3.92. The van der Waals surface area contributed by atoms with E-state index in [4.69, 9.17) is 0 Å². The fourth-order valence-electron chi connectivity index (χ4n) is 2.34. The molecule has 0 fully saturated rings. The standard InChI is InChI=1S/C20H14N4OS2/c25-19(16-13-26-20(24-16)14-6-2-1-3-7-14)23-15-9-11-22-18(12-15)27-17-8-4-5-10-21-17/h1-13H,(H,22,23,25). The van der Waals surface area contributed by atoms with Crippen LogP contribution in [0.15, 0.2) is 88.5 Å². The minimum absolute atomic E-state index is 0.242. The predicted octanol–water partition coefficient (Wildman–Crippen LogP) is 5.00. The molecule has 1 aromatic carbocycles. The Hall–Kier alpha value is -3.03. The lowest BCUT2D eigenvalue weighted by Crippen LogP contribution is -2.12. The number of aromatic nitrogens is 3. The molecule has 27 heavy (non-hydrogen) atoms. The van der Waals surface area contributed by atoms with Gasteiger partial charge in [-0.3, -0.25) is 4.79 Å². The average molecular weight is 390 g/mol. The number of anilines is 1. The van der Waals surface area contributed by atoms with Crippen molar-refractivity contribution in [2.24, 2.45) is 0 Å². The van der Waals surface area contributed by atoms with Crippen LogP contribution < -0.4 is 5.32 Å². The highest BCUT2D eigenvalue weighted by Gasteiger charge is 2.12. The van der Waals surface area contributed by atoms with E-state index in [1.807, 2.05) is 54.6 Å². The topological polar surface area (TPSA) is 67.8 Å². The quantitative estimate of drug-likeness (QED) is 0.519. The highest BCUT2D eigenvalue weighted by atomic mass is 32.2. The van der Waals surface area contributed by atoms with E-state index >= 15 is 0 Å². The lowest BCUT2D eigenvalue weighted by molar-refractivity contribution is 0.102. The van der Waals surface area contributed by atoms with Crippen molar-refractivity contribution >= 4 is 34.7 Å². The molecule has 4 rings (SSSR count). The van der Waals surface area contributed by atoms with Gasteiger partial charge in [0.2, 0.25) is 0 Å². The van der Waals surface area contributed by atoms with Gasteiger partial charge in [0.15, 0.2) is 0 Å². The summed E-state index contributed by atoms with van der Waals surface area (Å²) >= 11 is 2.89. The van der Waals surface area contributed by atoms with Crippen molar-refractivity contribution in [2.45, 2.75) is 10.1 Å². The molecular formula is C20H14N4OS2. The van der Waals surface area contributed by atoms with Gasteiger partial charge in [-0.1, -0.05) is 48.2 Å². The van der Waals surface area contributed by atoms with Crippen molar-refractivity contribution in [1.29, 1.82) is 0 Å². The lowest BCUT2D eigenvalue weighted by Gasteiger charge is -2.05. The second kappa shape index (κ2) is 8.11. The highest BCUT2D eigenvalue weighted by molar-refractivity contribution is 7.99. The third-order valence-corrected chi connectivity index (χ3v) is 5.37. The summed E-state index contributed by atoms with van der Waals surface area (Å²) in [6.07, 6.45) is 3.40. The SMILES string of the molecule is O=C(Nc1ccnc(Sc2ccccn2)c1)c1csc(-c2ccccc2)n1. The number of pyridine rings is 2. The van der Waals surface area contributed by atoms with Crippen molar-refractivity contribution in [3.05, 3.63) is 84.1 Å². The maximum absolute atomic E-state index is 12.5. The third kappa shape index (κ3) is 4.39. The van der Waals surface area contributed by atoms with Gasteiger partial charge in [-0.2, -0.15) is 0 Å². The molecule has 0 unspecified atom stereocenters. The number of thiazole rings is 1. The van der Waals surface area contributed by atoms with Crippen molar-refractivity contribution in [1.82, 2.24) is 15.0 Å². The van der Waals surface area contributed by atoms with Gasteiger partial charge in [-0.25, -0.2) is 15.0 Å². The van der Waals surface area contributed by atoms with Crippen LogP contribution in [0.4, 0.5) is 5.69 Å². The smallest absolute Gasteiger partial charge is 0.275 e. The van der Waals surface area contributed by atoms with Crippen LogP contribution in [0, 0.1) is 0 Å². The van der Waals surface area contributed by atoms with Crippen LogP contribution in [0.2, 0.25) is 0 Å². The summed E-state index contributed by atoms with van der Waals surface area (Å²) in [4.78, 5) is 25.6. The number of benzene rings is 1. The minimum Gasteiger partial charge on any atom is -0.320 e. The second-order valence-corrected chi connectivity index (χ2v) is 7.41. The number of amides is 1. The van der Waals surface area contributed by atoms with Crippen molar-refractivity contribution in [3.8, 4) is 10.6 Å². The van der Waals surface area contributed by atoms with Crippen LogP contribution >= 0.6 is 23.1 Å². The van der Waals surface area contributed by atoms with Crippen molar-refractivity contribution in [2.75, 3.05) is 5.32 Å². The van der Waals surface area contributed by atoms with E-state index in [1.54, 1.807) is 23.8 Å². The summed E-state index contributed by atoms with van der Waals surface area (Å²) in [5.41, 5.74) is 2.07. The zero-order valence-electron chi connectivity index (χ0n) is 14.1. The number of nitrogens with zero attached hydrogens (tertiary/aromatic N) is 3. The van der Waals surface area contributed by atoms with Crippen LogP contribution in [0.5, 0.6) is 0 Å². The second-order valence-electron chi connectivity index (χ2n) is 5.51. The van der Waals surface area contributed by atoms with E-state index in [0.29, 0.717) is 11.4 Å². The lowest BCUT2D eigenvalue weighted by atomic mass is 10.2. The summed E-state index contributed by atoms with van der Waals surface area (Å²) in [7, 11) is 0. The fraction of sp³-hybridized carbons (Fsp3) is 0. The maximum Gasteiger partial charge on any atom is 0.275 e. The molecule has 4 aromatic rings. The minimum atomic E-state index is -0.242. The first-order valence-corrected chi connectivity index (χ1v) is 9.85. The molecule has 0 aliphatic carbocycles. The van der Waals surface area contributed by atoms with E-state index in [0.717, 1.165) is 20.6 Å². The Morgan fingerprint density at radius 3 is 2.56 bits per heavy atom. The zero-order chi connectivity index (χ0) is 18.5. The molecule has 3 aromatic heterocycles. The summed E-state index contributed by atoms with van der Waals surface area (Å²) in [5.74, 6) is -0.242. The van der Waals surface area contributed by atoms with E-state index in [9.17, 15) is 4.79 Å². The number of hydrogen-bond donors (Lipinski definition) is 1. The van der Waals surface area contributed by atoms with Crippen molar-refractivity contribution in [3.63, 3.8) is 0 Å². The summed E-state index contributed by atoms with van der Waals surface area (Å²) in [6, 6.07) is 19.1. The number of carbonyl (C=O) groups excluding carboxylic acids is 1. The van der Waals surface area contributed by atoms with Gasteiger partial charge in [0, 0.05) is 29.0 Å². The van der Waals surface area contributed by atoms with Gasteiger partial charge in [0.25, 0.3) is 5.91 Å².